The molecule has 0 amide bonds. The van der Waals surface area contributed by atoms with Crippen LogP contribution < -0.4 is 118 Å². The number of fused-ring (bicyclic) bond motifs is 1. The summed E-state index contributed by atoms with van der Waals surface area (Å²) in [4.78, 5) is 26.6. The second kappa shape index (κ2) is 14.2. The summed E-state index contributed by atoms with van der Waals surface area (Å²) in [6, 6.07) is 6.54. The predicted molar refractivity (Wildman–Crippen MR) is 137 cm³/mol. The van der Waals surface area contributed by atoms with Gasteiger partial charge in [0.15, 0.2) is 11.5 Å². The minimum Gasteiger partial charge on any atom is -0.545 e. The van der Waals surface area contributed by atoms with Crippen molar-refractivity contribution in [1.29, 1.82) is 0 Å². The van der Waals surface area contributed by atoms with E-state index in [1.165, 1.54) is 16.8 Å². The molecule has 0 unspecified atom stereocenters. The summed E-state index contributed by atoms with van der Waals surface area (Å²) in [6.45, 7) is 7.88. The van der Waals surface area contributed by atoms with Crippen LogP contribution in [0.15, 0.2) is 51.5 Å². The summed E-state index contributed by atoms with van der Waals surface area (Å²) in [5, 5.41) is 38.5. The van der Waals surface area contributed by atoms with Crippen LogP contribution in [0.5, 0.6) is 0 Å². The summed E-state index contributed by atoms with van der Waals surface area (Å²) in [5.41, 5.74) is -0.0600. The van der Waals surface area contributed by atoms with Gasteiger partial charge in [-0.15, -0.1) is 15.3 Å². The van der Waals surface area contributed by atoms with E-state index in [-0.39, 0.29) is 129 Å². The van der Waals surface area contributed by atoms with Crippen molar-refractivity contribution in [3.8, 4) is 0 Å². The zero-order valence-electron chi connectivity index (χ0n) is 23.1. The molecule has 17 heteroatoms. The number of carboxylic acids is 2. The van der Waals surface area contributed by atoms with Crippen LogP contribution in [0.3, 0.4) is 0 Å². The van der Waals surface area contributed by atoms with Crippen LogP contribution in [-0.2, 0) is 21.9 Å². The Bertz CT molecular complexity index is 1760. The number of anilines is 1. The van der Waals surface area contributed by atoms with Gasteiger partial charge in [-0.1, -0.05) is 45.4 Å². The van der Waals surface area contributed by atoms with E-state index in [0.717, 1.165) is 30.0 Å². The number of carbonyl (C=O) groups excluding carboxylic acids is 2. The van der Waals surface area contributed by atoms with Gasteiger partial charge in [0.05, 0.1) is 27.6 Å². The van der Waals surface area contributed by atoms with Crippen LogP contribution in [0.4, 0.5) is 17.1 Å². The first kappa shape index (κ1) is 36.2. The van der Waals surface area contributed by atoms with Crippen LogP contribution in [-0.4, -0.2) is 40.2 Å². The molecule has 41 heavy (non-hydrogen) atoms. The molecule has 0 bridgehead atoms. The molecule has 2 N–H and O–H groups in total. The van der Waals surface area contributed by atoms with E-state index in [1.807, 2.05) is 27.7 Å². The standard InChI is InChI=1S/C24H24ClN7O6S.2K/c1-5-18-26-21-19(20(24(2,3)4)30-32(21)29-18)28-27-17-9-7-13(11-16(17)25)39(37,38)31-12-6-8-14(22(33)34)15(10-12)23(35)36;;/h6-11,30-31H,5H2,1-4H3,(H,33,34)(H,35,36);;/q;2*+1/p-2. The summed E-state index contributed by atoms with van der Waals surface area (Å²) in [7, 11) is -4.25. The van der Waals surface area contributed by atoms with Crippen molar-refractivity contribution in [2.24, 2.45) is 10.2 Å². The quantitative estimate of drug-likeness (QED) is 0.145. The molecule has 2 aromatic heterocycles. The predicted octanol–water partition coefficient (Wildman–Crippen LogP) is -3.48. The molecule has 13 nitrogen and oxygen atoms in total. The normalized spacial score (nSPS) is 11.7. The number of nitrogens with zero attached hydrogens (tertiary/aromatic N) is 5. The topological polar surface area (TPSA) is 197 Å². The number of aromatic amines is 1. The van der Waals surface area contributed by atoms with E-state index in [9.17, 15) is 28.2 Å². The first-order valence-corrected chi connectivity index (χ1v) is 13.4. The largest absolute Gasteiger partial charge is 1.00 e. The third kappa shape index (κ3) is 8.13. The minimum atomic E-state index is -4.25. The van der Waals surface area contributed by atoms with Gasteiger partial charge in [0, 0.05) is 28.7 Å². The Morgan fingerprint density at radius 1 is 1.05 bits per heavy atom. The van der Waals surface area contributed by atoms with E-state index < -0.39 is 33.1 Å². The van der Waals surface area contributed by atoms with Gasteiger partial charge in [-0.3, -0.25) is 9.82 Å². The number of aryl methyl sites for hydroxylation is 1. The van der Waals surface area contributed by atoms with Gasteiger partial charge < -0.3 is 19.8 Å². The molecule has 0 saturated carbocycles. The Morgan fingerprint density at radius 3 is 2.27 bits per heavy atom. The van der Waals surface area contributed by atoms with Crippen LogP contribution in [0.25, 0.3) is 5.65 Å². The fraction of sp³-hybridized carbons (Fsp3) is 0.250. The third-order valence-corrected chi connectivity index (χ3v) is 7.26. The smallest absolute Gasteiger partial charge is 0.545 e. The minimum absolute atomic E-state index is 0. The molecule has 2 heterocycles. The number of hydrogen-bond acceptors (Lipinski definition) is 10. The van der Waals surface area contributed by atoms with E-state index >= 15 is 0 Å². The first-order valence-electron chi connectivity index (χ1n) is 11.5. The molecule has 0 radical (unpaired) electrons. The zero-order valence-corrected chi connectivity index (χ0v) is 31.0. The van der Waals surface area contributed by atoms with Crippen molar-refractivity contribution in [2.75, 3.05) is 4.72 Å². The summed E-state index contributed by atoms with van der Waals surface area (Å²) < 4.78 is 29.5. The fourth-order valence-corrected chi connectivity index (χ4v) is 4.99. The van der Waals surface area contributed by atoms with Gasteiger partial charge in [-0.05, 0) is 30.3 Å². The van der Waals surface area contributed by atoms with Crippen LogP contribution in [0.2, 0.25) is 5.02 Å². The second-order valence-electron chi connectivity index (χ2n) is 9.46. The van der Waals surface area contributed by atoms with E-state index in [4.69, 9.17) is 11.6 Å². The van der Waals surface area contributed by atoms with E-state index in [1.54, 1.807) is 0 Å². The molecule has 0 aliphatic carbocycles. The van der Waals surface area contributed by atoms with Crippen LogP contribution in [0, 0.1) is 0 Å². The number of rotatable bonds is 8. The van der Waals surface area contributed by atoms with Gasteiger partial charge in [-0.2, -0.15) is 4.63 Å². The molecular weight excluding hydrogens is 628 g/mol. The molecular formula is C24H22ClK2N7O6S. The van der Waals surface area contributed by atoms with Crippen molar-refractivity contribution in [2.45, 2.75) is 44.4 Å². The Morgan fingerprint density at radius 2 is 1.71 bits per heavy atom. The Labute approximate surface area is 325 Å². The fourth-order valence-electron chi connectivity index (χ4n) is 3.63. The number of sulfonamides is 1. The summed E-state index contributed by atoms with van der Waals surface area (Å²) in [5.74, 6) is -2.93. The second-order valence-corrected chi connectivity index (χ2v) is 11.5. The maximum Gasteiger partial charge on any atom is 1.00 e. The number of benzene rings is 2. The molecule has 0 aliphatic rings. The Hall–Kier alpha value is -1.03. The average Bonchev–Trinajstić information content (AvgIpc) is 3.41. The Balaban J connectivity index is 0.00000294. The molecule has 4 rings (SSSR count). The number of hydrogen-bond donors (Lipinski definition) is 2. The number of carbonyl (C=O) groups is 2. The van der Waals surface area contributed by atoms with Gasteiger partial charge in [-0.25, -0.2) is 13.4 Å². The number of aromatic nitrogens is 4. The Kier molecular flexibility index (Phi) is 12.5. The van der Waals surface area contributed by atoms with Crippen molar-refractivity contribution >= 4 is 56.3 Å². The number of azo groups is 1. The molecule has 0 aliphatic heterocycles. The maximum atomic E-state index is 12.9. The zero-order chi connectivity index (χ0) is 28.7. The van der Waals surface area contributed by atoms with Gasteiger partial charge in [0.2, 0.25) is 5.65 Å². The van der Waals surface area contributed by atoms with Crippen LogP contribution in [0.1, 0.15) is 59.9 Å². The SMILES string of the molecule is CCc1nc2c(N=Nc3ccc(S(=O)(=O)Nc4ccc(C(=O)[O-])c(C(=O)[O-])c4)cc3Cl)c(C(C)(C)C)[nH]n2n1.[K+].[K+]. The first-order chi connectivity index (χ1) is 18.2. The third-order valence-electron chi connectivity index (χ3n) is 5.58. The maximum absolute atomic E-state index is 12.9. The molecule has 204 valence electrons. The summed E-state index contributed by atoms with van der Waals surface area (Å²) in [6.07, 6.45) is 0.627. The molecule has 0 atom stereocenters. The number of carboxylic acid groups (broad SMARTS) is 2. The molecule has 0 fully saturated rings. The monoisotopic (exact) mass is 649 g/mol. The van der Waals surface area contributed by atoms with Crippen molar-refractivity contribution in [3.05, 3.63) is 64.1 Å². The average molecular weight is 650 g/mol. The number of aromatic carboxylic acids is 2. The molecule has 2 aromatic carbocycles. The van der Waals surface area contributed by atoms with E-state index in [0.29, 0.717) is 23.6 Å². The van der Waals surface area contributed by atoms with Crippen molar-refractivity contribution in [1.82, 2.24) is 19.8 Å². The van der Waals surface area contributed by atoms with Crippen molar-refractivity contribution in [3.63, 3.8) is 0 Å². The van der Waals surface area contributed by atoms with Crippen LogP contribution >= 0.6 is 11.6 Å². The number of halogens is 1. The van der Waals surface area contributed by atoms with Gasteiger partial charge in [0.25, 0.3) is 10.0 Å². The van der Waals surface area contributed by atoms with E-state index in [2.05, 4.69) is 30.1 Å². The number of H-pyrrole nitrogens is 1. The van der Waals surface area contributed by atoms with Crippen molar-refractivity contribution < 1.29 is 131 Å². The molecule has 0 spiro atoms. The molecule has 0 saturated heterocycles. The molecule has 4 aromatic rings. The van der Waals surface area contributed by atoms with Gasteiger partial charge in [0.1, 0.15) is 5.69 Å². The van der Waals surface area contributed by atoms with Gasteiger partial charge >= 0.3 is 103 Å². The summed E-state index contributed by atoms with van der Waals surface area (Å²) >= 11 is 6.33. The number of nitrogens with one attached hydrogen (secondary N) is 2.